The maximum Gasteiger partial charge on any atom is 0.242 e. The van der Waals surface area contributed by atoms with Crippen molar-refractivity contribution in [3.63, 3.8) is 0 Å². The van der Waals surface area contributed by atoms with Gasteiger partial charge in [-0.2, -0.15) is 0 Å². The fourth-order valence-electron chi connectivity index (χ4n) is 3.13. The van der Waals surface area contributed by atoms with Gasteiger partial charge in [0.15, 0.2) is 0 Å². The molecule has 1 aromatic carbocycles. The number of hydrogen-bond donors (Lipinski definition) is 0. The topological polar surface area (TPSA) is 41.4 Å². The van der Waals surface area contributed by atoms with Crippen LogP contribution in [0.5, 0.6) is 0 Å². The minimum atomic E-state index is 0.186. The van der Waals surface area contributed by atoms with Crippen LogP contribution in [0.2, 0.25) is 0 Å². The van der Waals surface area contributed by atoms with Gasteiger partial charge in [-0.15, -0.1) is 0 Å². The summed E-state index contributed by atoms with van der Waals surface area (Å²) in [7, 11) is 0. The molecule has 1 saturated heterocycles. The number of aromatic nitrogens is 2. The van der Waals surface area contributed by atoms with Gasteiger partial charge in [0.2, 0.25) is 5.91 Å². The van der Waals surface area contributed by atoms with Crippen molar-refractivity contribution < 1.29 is 4.79 Å². The quantitative estimate of drug-likeness (QED) is 0.864. The molecule has 2 aromatic rings. The third-order valence-electron chi connectivity index (χ3n) is 5.03. The highest BCUT2D eigenvalue weighted by molar-refractivity contribution is 5.76. The van der Waals surface area contributed by atoms with Crippen molar-refractivity contribution in [1.29, 1.82) is 0 Å². The van der Waals surface area contributed by atoms with E-state index in [1.54, 1.807) is 6.33 Å². The summed E-state index contributed by atoms with van der Waals surface area (Å²) >= 11 is 0. The summed E-state index contributed by atoms with van der Waals surface area (Å²) < 4.78 is 1.94. The Morgan fingerprint density at radius 2 is 1.79 bits per heavy atom. The van der Waals surface area contributed by atoms with Crippen LogP contribution in [-0.4, -0.2) is 51.4 Å². The average molecular weight is 326 g/mol. The van der Waals surface area contributed by atoms with Crippen LogP contribution in [0.3, 0.4) is 0 Å². The monoisotopic (exact) mass is 326 g/mol. The smallest absolute Gasteiger partial charge is 0.242 e. The largest absolute Gasteiger partial charge is 0.339 e. The fraction of sp³-hybridized carbons (Fsp3) is 0.474. The molecule has 1 fully saturated rings. The third kappa shape index (κ3) is 3.67. The molecule has 0 spiro atoms. The molecule has 128 valence electrons. The van der Waals surface area contributed by atoms with Crippen molar-refractivity contribution >= 4 is 5.91 Å². The number of imidazole rings is 1. The Kier molecular flexibility index (Phi) is 5.00. The molecule has 5 nitrogen and oxygen atoms in total. The molecule has 1 aliphatic rings. The van der Waals surface area contributed by atoms with E-state index < -0.39 is 0 Å². The van der Waals surface area contributed by atoms with E-state index in [1.165, 1.54) is 11.1 Å². The first-order valence-electron chi connectivity index (χ1n) is 8.57. The standard InChI is InChI=1S/C19H26N4O/c1-15-6-4-5-7-18(15)12-21-8-10-22(11-9-21)19(24)13-23-14-20-16(2)17(23)3/h4-7,14H,8-13H2,1-3H3. The lowest BCUT2D eigenvalue weighted by atomic mass is 10.1. The van der Waals surface area contributed by atoms with Gasteiger partial charge in [-0.1, -0.05) is 24.3 Å². The van der Waals surface area contributed by atoms with E-state index >= 15 is 0 Å². The molecule has 1 aromatic heterocycles. The zero-order chi connectivity index (χ0) is 17.1. The van der Waals surface area contributed by atoms with Gasteiger partial charge in [0.1, 0.15) is 6.54 Å². The number of benzene rings is 1. The van der Waals surface area contributed by atoms with E-state index in [0.29, 0.717) is 6.54 Å². The second kappa shape index (κ2) is 7.18. The lowest BCUT2D eigenvalue weighted by Gasteiger charge is -2.35. The second-order valence-electron chi connectivity index (χ2n) is 6.63. The van der Waals surface area contributed by atoms with Crippen LogP contribution in [0.15, 0.2) is 30.6 Å². The summed E-state index contributed by atoms with van der Waals surface area (Å²) in [6.07, 6.45) is 1.76. The van der Waals surface area contributed by atoms with Crippen LogP contribution in [0.4, 0.5) is 0 Å². The molecule has 0 atom stereocenters. The van der Waals surface area contributed by atoms with Crippen molar-refractivity contribution in [1.82, 2.24) is 19.4 Å². The zero-order valence-corrected chi connectivity index (χ0v) is 14.8. The number of rotatable bonds is 4. The van der Waals surface area contributed by atoms with Crippen molar-refractivity contribution in [2.75, 3.05) is 26.2 Å². The molecule has 0 saturated carbocycles. The Morgan fingerprint density at radius 3 is 2.42 bits per heavy atom. The summed E-state index contributed by atoms with van der Waals surface area (Å²) in [5.74, 6) is 0.186. The predicted molar refractivity (Wildman–Crippen MR) is 94.7 cm³/mol. The SMILES string of the molecule is Cc1ccccc1CN1CCN(C(=O)Cn2cnc(C)c2C)CC1. The maximum atomic E-state index is 12.5. The minimum absolute atomic E-state index is 0.186. The molecule has 0 unspecified atom stereocenters. The van der Waals surface area contributed by atoms with Gasteiger partial charge in [0.25, 0.3) is 0 Å². The molecule has 3 rings (SSSR count). The molecule has 5 heteroatoms. The van der Waals surface area contributed by atoms with Crippen molar-refractivity contribution in [2.24, 2.45) is 0 Å². The van der Waals surface area contributed by atoms with E-state index in [9.17, 15) is 4.79 Å². The van der Waals surface area contributed by atoms with E-state index in [1.807, 2.05) is 23.3 Å². The van der Waals surface area contributed by atoms with E-state index in [0.717, 1.165) is 44.1 Å². The lowest BCUT2D eigenvalue weighted by Crippen LogP contribution is -2.49. The Balaban J connectivity index is 1.52. The number of carbonyl (C=O) groups excluding carboxylic acids is 1. The number of hydrogen-bond acceptors (Lipinski definition) is 3. The molecular formula is C19H26N4O. The van der Waals surface area contributed by atoms with E-state index in [2.05, 4.69) is 41.1 Å². The minimum Gasteiger partial charge on any atom is -0.339 e. The van der Waals surface area contributed by atoms with Gasteiger partial charge in [-0.25, -0.2) is 4.98 Å². The molecule has 0 aliphatic carbocycles. The van der Waals surface area contributed by atoms with Crippen molar-refractivity contribution in [3.8, 4) is 0 Å². The maximum absolute atomic E-state index is 12.5. The molecule has 0 bridgehead atoms. The molecule has 1 amide bonds. The summed E-state index contributed by atoms with van der Waals surface area (Å²) in [6.45, 7) is 11.0. The Labute approximate surface area is 143 Å². The van der Waals surface area contributed by atoms with Gasteiger partial charge in [-0.05, 0) is 31.9 Å². The number of nitrogens with zero attached hydrogens (tertiary/aromatic N) is 4. The lowest BCUT2D eigenvalue weighted by molar-refractivity contribution is -0.133. The molecule has 0 N–H and O–H groups in total. The van der Waals surface area contributed by atoms with Crippen LogP contribution >= 0.6 is 0 Å². The normalized spacial score (nSPS) is 15.7. The number of carbonyl (C=O) groups is 1. The van der Waals surface area contributed by atoms with Crippen LogP contribution in [0, 0.1) is 20.8 Å². The summed E-state index contributed by atoms with van der Waals surface area (Å²) in [6, 6.07) is 8.52. The van der Waals surface area contributed by atoms with E-state index in [-0.39, 0.29) is 5.91 Å². The van der Waals surface area contributed by atoms with Gasteiger partial charge in [0, 0.05) is 38.4 Å². The van der Waals surface area contributed by atoms with Crippen LogP contribution in [0.1, 0.15) is 22.5 Å². The van der Waals surface area contributed by atoms with Crippen LogP contribution < -0.4 is 0 Å². The van der Waals surface area contributed by atoms with Crippen molar-refractivity contribution in [2.45, 2.75) is 33.9 Å². The Bertz CT molecular complexity index is 714. The highest BCUT2D eigenvalue weighted by atomic mass is 16.2. The Morgan fingerprint density at radius 1 is 1.08 bits per heavy atom. The third-order valence-corrected chi connectivity index (χ3v) is 5.03. The molecule has 0 radical (unpaired) electrons. The van der Waals surface area contributed by atoms with Crippen LogP contribution in [0.25, 0.3) is 0 Å². The summed E-state index contributed by atoms with van der Waals surface area (Å²) in [4.78, 5) is 21.2. The van der Waals surface area contributed by atoms with Crippen LogP contribution in [-0.2, 0) is 17.9 Å². The van der Waals surface area contributed by atoms with Gasteiger partial charge in [0.05, 0.1) is 12.0 Å². The highest BCUT2D eigenvalue weighted by Crippen LogP contribution is 2.13. The first kappa shape index (κ1) is 16.7. The zero-order valence-electron chi connectivity index (χ0n) is 14.8. The van der Waals surface area contributed by atoms with Gasteiger partial charge < -0.3 is 9.47 Å². The molecule has 2 heterocycles. The fourth-order valence-corrected chi connectivity index (χ4v) is 3.13. The molecule has 24 heavy (non-hydrogen) atoms. The van der Waals surface area contributed by atoms with Gasteiger partial charge >= 0.3 is 0 Å². The molecular weight excluding hydrogens is 300 g/mol. The summed E-state index contributed by atoms with van der Waals surface area (Å²) in [5, 5.41) is 0. The van der Waals surface area contributed by atoms with Crippen molar-refractivity contribution in [3.05, 3.63) is 53.1 Å². The number of piperazine rings is 1. The number of aryl methyl sites for hydroxylation is 2. The second-order valence-corrected chi connectivity index (χ2v) is 6.63. The van der Waals surface area contributed by atoms with E-state index in [4.69, 9.17) is 0 Å². The Hall–Kier alpha value is -2.14. The first-order chi connectivity index (χ1) is 11.5. The van der Waals surface area contributed by atoms with Gasteiger partial charge in [-0.3, -0.25) is 9.69 Å². The average Bonchev–Trinajstić information content (AvgIpc) is 2.90. The summed E-state index contributed by atoms with van der Waals surface area (Å²) in [5.41, 5.74) is 4.77. The first-order valence-corrected chi connectivity index (χ1v) is 8.57. The molecule has 1 aliphatic heterocycles. The highest BCUT2D eigenvalue weighted by Gasteiger charge is 2.22. The predicted octanol–water partition coefficient (Wildman–Crippen LogP) is 2.15. The number of amides is 1.